The zero-order chi connectivity index (χ0) is 12.8. The number of hydrogen-bond acceptors (Lipinski definition) is 2. The summed E-state index contributed by atoms with van der Waals surface area (Å²) in [6.45, 7) is 2.01. The zero-order valence-electron chi connectivity index (χ0n) is 10.4. The van der Waals surface area contributed by atoms with Crippen molar-refractivity contribution in [1.82, 2.24) is 5.32 Å². The molecule has 100 valence electrons. The maximum atomic E-state index is 13.2. The Morgan fingerprint density at radius 2 is 2.00 bits per heavy atom. The predicted octanol–water partition coefficient (Wildman–Crippen LogP) is 3.12. The van der Waals surface area contributed by atoms with Crippen molar-refractivity contribution in [3.05, 3.63) is 29.8 Å². The van der Waals surface area contributed by atoms with Crippen LogP contribution in [0.4, 0.5) is 8.78 Å². The van der Waals surface area contributed by atoms with Crippen LogP contribution in [0, 0.1) is 17.6 Å². The summed E-state index contributed by atoms with van der Waals surface area (Å²) in [6.07, 6.45) is 5.26. The van der Waals surface area contributed by atoms with Crippen LogP contribution in [0.5, 0.6) is 5.75 Å². The van der Waals surface area contributed by atoms with Crippen LogP contribution >= 0.6 is 0 Å². The minimum absolute atomic E-state index is 0.0160. The molecular formula is C14H19F2NO. The molecule has 0 aliphatic heterocycles. The molecule has 2 nitrogen and oxygen atoms in total. The SMILES string of the molecule is Fc1cccc(OCCNCC2CCCC2)c1F. The lowest BCUT2D eigenvalue weighted by molar-refractivity contribution is 0.289. The molecule has 1 aromatic carbocycles. The Labute approximate surface area is 106 Å². The maximum absolute atomic E-state index is 13.2. The first-order valence-corrected chi connectivity index (χ1v) is 6.55. The molecule has 2 rings (SSSR count). The van der Waals surface area contributed by atoms with Gasteiger partial charge in [-0.1, -0.05) is 18.9 Å². The van der Waals surface area contributed by atoms with Gasteiger partial charge in [0.05, 0.1) is 0 Å². The third-order valence-electron chi connectivity index (χ3n) is 3.36. The summed E-state index contributed by atoms with van der Waals surface area (Å²) in [5, 5.41) is 3.29. The van der Waals surface area contributed by atoms with E-state index in [9.17, 15) is 8.78 Å². The van der Waals surface area contributed by atoms with Crippen molar-refractivity contribution in [3.63, 3.8) is 0 Å². The molecule has 1 fully saturated rings. The van der Waals surface area contributed by atoms with Crippen molar-refractivity contribution in [1.29, 1.82) is 0 Å². The van der Waals surface area contributed by atoms with Crippen molar-refractivity contribution in [2.45, 2.75) is 25.7 Å². The van der Waals surface area contributed by atoms with Crippen LogP contribution in [0.15, 0.2) is 18.2 Å². The van der Waals surface area contributed by atoms with Crippen LogP contribution in [0.25, 0.3) is 0 Å². The Kier molecular flexibility index (Phi) is 4.93. The van der Waals surface area contributed by atoms with Gasteiger partial charge in [-0.2, -0.15) is 4.39 Å². The molecule has 1 aliphatic rings. The smallest absolute Gasteiger partial charge is 0.200 e. The molecule has 0 radical (unpaired) electrons. The van der Waals surface area contributed by atoms with Crippen molar-refractivity contribution in [2.24, 2.45) is 5.92 Å². The van der Waals surface area contributed by atoms with Gasteiger partial charge in [0.25, 0.3) is 0 Å². The van der Waals surface area contributed by atoms with E-state index in [4.69, 9.17) is 4.74 Å². The standard InChI is InChI=1S/C14H19F2NO/c15-12-6-3-7-13(14(12)16)18-9-8-17-10-11-4-1-2-5-11/h3,6-7,11,17H,1-2,4-5,8-10H2. The molecule has 0 amide bonds. The number of nitrogens with one attached hydrogen (secondary N) is 1. The lowest BCUT2D eigenvalue weighted by Crippen LogP contribution is -2.26. The van der Waals surface area contributed by atoms with Gasteiger partial charge in [-0.3, -0.25) is 0 Å². The Morgan fingerprint density at radius 3 is 2.78 bits per heavy atom. The number of halogens is 2. The lowest BCUT2D eigenvalue weighted by Gasteiger charge is -2.11. The fourth-order valence-electron chi connectivity index (χ4n) is 2.35. The molecule has 1 aromatic rings. The second-order valence-corrected chi connectivity index (χ2v) is 4.76. The summed E-state index contributed by atoms with van der Waals surface area (Å²) in [5.41, 5.74) is 0. The molecule has 0 heterocycles. The average molecular weight is 255 g/mol. The Bertz CT molecular complexity index is 378. The fourth-order valence-corrected chi connectivity index (χ4v) is 2.35. The van der Waals surface area contributed by atoms with Crippen molar-refractivity contribution in [2.75, 3.05) is 19.7 Å². The van der Waals surface area contributed by atoms with Gasteiger partial charge in [-0.25, -0.2) is 4.39 Å². The van der Waals surface area contributed by atoms with Crippen LogP contribution in [0.2, 0.25) is 0 Å². The normalized spacial score (nSPS) is 16.1. The van der Waals surface area contributed by atoms with E-state index in [0.29, 0.717) is 13.2 Å². The van der Waals surface area contributed by atoms with E-state index in [1.807, 2.05) is 0 Å². The van der Waals surface area contributed by atoms with Crippen molar-refractivity contribution < 1.29 is 13.5 Å². The third kappa shape index (κ3) is 3.67. The predicted molar refractivity (Wildman–Crippen MR) is 66.7 cm³/mol. The van der Waals surface area contributed by atoms with E-state index in [2.05, 4.69) is 5.32 Å². The molecule has 0 aromatic heterocycles. The van der Waals surface area contributed by atoms with Gasteiger partial charge in [0.2, 0.25) is 5.82 Å². The Balaban J connectivity index is 1.64. The van der Waals surface area contributed by atoms with E-state index in [1.54, 1.807) is 0 Å². The van der Waals surface area contributed by atoms with E-state index >= 15 is 0 Å². The molecule has 18 heavy (non-hydrogen) atoms. The highest BCUT2D eigenvalue weighted by atomic mass is 19.2. The lowest BCUT2D eigenvalue weighted by atomic mass is 10.1. The number of hydrogen-bond donors (Lipinski definition) is 1. The molecule has 0 saturated heterocycles. The first kappa shape index (κ1) is 13.3. The highest BCUT2D eigenvalue weighted by Crippen LogP contribution is 2.23. The van der Waals surface area contributed by atoms with Gasteiger partial charge in [0.15, 0.2) is 11.6 Å². The number of rotatable bonds is 6. The van der Waals surface area contributed by atoms with Crippen LogP contribution in [-0.2, 0) is 0 Å². The van der Waals surface area contributed by atoms with Crippen LogP contribution in [0.3, 0.4) is 0 Å². The van der Waals surface area contributed by atoms with E-state index in [1.165, 1.54) is 37.8 Å². The zero-order valence-corrected chi connectivity index (χ0v) is 10.4. The van der Waals surface area contributed by atoms with Crippen LogP contribution < -0.4 is 10.1 Å². The van der Waals surface area contributed by atoms with Crippen LogP contribution in [0.1, 0.15) is 25.7 Å². The third-order valence-corrected chi connectivity index (χ3v) is 3.36. The molecule has 0 spiro atoms. The largest absolute Gasteiger partial charge is 0.489 e. The van der Waals surface area contributed by atoms with E-state index < -0.39 is 11.6 Å². The molecule has 1 aliphatic carbocycles. The monoisotopic (exact) mass is 255 g/mol. The van der Waals surface area contributed by atoms with Gasteiger partial charge in [0.1, 0.15) is 6.61 Å². The maximum Gasteiger partial charge on any atom is 0.200 e. The summed E-state index contributed by atoms with van der Waals surface area (Å²) in [6, 6.07) is 3.97. The summed E-state index contributed by atoms with van der Waals surface area (Å²) in [5.74, 6) is -1.02. The quantitative estimate of drug-likeness (QED) is 0.789. The van der Waals surface area contributed by atoms with Crippen LogP contribution in [-0.4, -0.2) is 19.7 Å². The van der Waals surface area contributed by atoms with Gasteiger partial charge in [-0.15, -0.1) is 0 Å². The average Bonchev–Trinajstić information content (AvgIpc) is 2.87. The molecule has 0 atom stereocenters. The molecule has 0 bridgehead atoms. The highest BCUT2D eigenvalue weighted by molar-refractivity contribution is 5.24. The second-order valence-electron chi connectivity index (χ2n) is 4.76. The summed E-state index contributed by atoms with van der Waals surface area (Å²) in [7, 11) is 0. The minimum Gasteiger partial charge on any atom is -0.489 e. The van der Waals surface area contributed by atoms with Gasteiger partial charge in [0, 0.05) is 6.54 Å². The topological polar surface area (TPSA) is 21.3 Å². The first-order chi connectivity index (χ1) is 8.77. The Hall–Kier alpha value is -1.16. The molecule has 0 unspecified atom stereocenters. The van der Waals surface area contributed by atoms with Crippen molar-refractivity contribution >= 4 is 0 Å². The fraction of sp³-hybridized carbons (Fsp3) is 0.571. The Morgan fingerprint density at radius 1 is 1.22 bits per heavy atom. The number of benzene rings is 1. The van der Waals surface area contributed by atoms with E-state index in [0.717, 1.165) is 18.5 Å². The van der Waals surface area contributed by atoms with Gasteiger partial charge < -0.3 is 10.1 Å². The van der Waals surface area contributed by atoms with Gasteiger partial charge >= 0.3 is 0 Å². The highest BCUT2D eigenvalue weighted by Gasteiger charge is 2.14. The number of ether oxygens (including phenoxy) is 1. The molecule has 4 heteroatoms. The second kappa shape index (κ2) is 6.69. The minimum atomic E-state index is -0.909. The molecule has 1 saturated carbocycles. The molecule has 1 N–H and O–H groups in total. The summed E-state index contributed by atoms with van der Waals surface area (Å²) >= 11 is 0. The first-order valence-electron chi connectivity index (χ1n) is 6.55. The molecular weight excluding hydrogens is 236 g/mol. The van der Waals surface area contributed by atoms with Gasteiger partial charge in [-0.05, 0) is 37.4 Å². The summed E-state index contributed by atoms with van der Waals surface area (Å²) < 4.78 is 31.3. The summed E-state index contributed by atoms with van der Waals surface area (Å²) in [4.78, 5) is 0. The van der Waals surface area contributed by atoms with Crippen molar-refractivity contribution in [3.8, 4) is 5.75 Å². The van der Waals surface area contributed by atoms with E-state index in [-0.39, 0.29) is 5.75 Å².